The van der Waals surface area contributed by atoms with Crippen molar-refractivity contribution in [1.29, 1.82) is 0 Å². The third-order valence-electron chi connectivity index (χ3n) is 4.97. The number of likely N-dealkylation sites (tertiary alicyclic amines) is 1. The normalized spacial score (nSPS) is 16.3. The van der Waals surface area contributed by atoms with Gasteiger partial charge in [-0.3, -0.25) is 4.79 Å². The molecule has 160 valence electrons. The van der Waals surface area contributed by atoms with E-state index in [1.165, 1.54) is 12.1 Å². The molecule has 1 amide bonds. The molecular weight excluding hydrogens is 380 g/mol. The molecule has 1 fully saturated rings. The fourth-order valence-electron chi connectivity index (χ4n) is 3.63. The zero-order valence-corrected chi connectivity index (χ0v) is 17.2. The average Bonchev–Trinajstić information content (AvgIpc) is 2.65. The molecule has 1 aliphatic rings. The number of piperidine rings is 1. The van der Waals surface area contributed by atoms with Gasteiger partial charge in [-0.15, -0.1) is 0 Å². The minimum atomic E-state index is -0.674. The first-order valence-electron chi connectivity index (χ1n) is 9.98. The topological polar surface area (TPSA) is 55.8 Å². The van der Waals surface area contributed by atoms with E-state index in [1.54, 1.807) is 30.9 Å². The lowest BCUT2D eigenvalue weighted by molar-refractivity contribution is -0.148. The second-order valence-electron chi connectivity index (χ2n) is 7.52. The van der Waals surface area contributed by atoms with Gasteiger partial charge in [-0.05, 0) is 63.1 Å². The van der Waals surface area contributed by atoms with Crippen molar-refractivity contribution in [2.24, 2.45) is 5.92 Å². The monoisotopic (exact) mass is 409 g/mol. The summed E-state index contributed by atoms with van der Waals surface area (Å²) < 4.78 is 38.0. The summed E-state index contributed by atoms with van der Waals surface area (Å²) >= 11 is 0. The molecule has 1 aliphatic heterocycles. The van der Waals surface area contributed by atoms with Crippen molar-refractivity contribution in [2.45, 2.75) is 52.1 Å². The summed E-state index contributed by atoms with van der Waals surface area (Å²) in [5, 5.41) is 0. The molecule has 1 aromatic carbocycles. The second-order valence-corrected chi connectivity index (χ2v) is 7.52. The fourth-order valence-corrected chi connectivity index (χ4v) is 3.63. The number of esters is 1. The van der Waals surface area contributed by atoms with Gasteiger partial charge in [-0.1, -0.05) is 12.2 Å². The van der Waals surface area contributed by atoms with Crippen LogP contribution in [0.1, 0.15) is 51.5 Å². The summed E-state index contributed by atoms with van der Waals surface area (Å²) in [4.78, 5) is 26.0. The van der Waals surface area contributed by atoms with Crippen LogP contribution < -0.4 is 0 Å². The molecule has 2 rings (SSSR count). The third kappa shape index (κ3) is 7.15. The lowest BCUT2D eigenvalue weighted by atomic mass is 9.78. The number of nitrogens with zero attached hydrogens (tertiary/aromatic N) is 1. The minimum absolute atomic E-state index is 0.00417. The van der Waals surface area contributed by atoms with Crippen LogP contribution in [0.25, 0.3) is 0 Å². The summed E-state index contributed by atoms with van der Waals surface area (Å²) in [5.41, 5.74) is 0.442. The highest BCUT2D eigenvalue weighted by Crippen LogP contribution is 2.36. The van der Waals surface area contributed by atoms with Gasteiger partial charge in [0.1, 0.15) is 18.2 Å². The van der Waals surface area contributed by atoms with Crippen LogP contribution in [0.15, 0.2) is 30.4 Å². The maximum Gasteiger partial charge on any atom is 0.410 e. The Hall–Kier alpha value is -2.44. The lowest BCUT2D eigenvalue weighted by Gasteiger charge is -2.35. The van der Waals surface area contributed by atoms with Crippen molar-refractivity contribution < 1.29 is 27.8 Å². The molecule has 1 unspecified atom stereocenters. The molecule has 0 aliphatic carbocycles. The van der Waals surface area contributed by atoms with Crippen LogP contribution in [0, 0.1) is 17.6 Å². The van der Waals surface area contributed by atoms with E-state index in [0.717, 1.165) is 6.07 Å². The first kappa shape index (κ1) is 22.8. The zero-order valence-electron chi connectivity index (χ0n) is 17.2. The summed E-state index contributed by atoms with van der Waals surface area (Å²) in [6.45, 7) is 6.51. The van der Waals surface area contributed by atoms with Gasteiger partial charge in [0.05, 0.1) is 12.5 Å². The van der Waals surface area contributed by atoms with Gasteiger partial charge in [-0.2, -0.15) is 0 Å². The minimum Gasteiger partial charge on any atom is -0.463 e. The summed E-state index contributed by atoms with van der Waals surface area (Å²) in [6, 6.07) is 3.36. The molecule has 0 spiro atoms. The number of ether oxygens (including phenoxy) is 2. The molecule has 1 saturated heterocycles. The number of hydrogen-bond acceptors (Lipinski definition) is 4. The van der Waals surface area contributed by atoms with Gasteiger partial charge in [0.2, 0.25) is 0 Å². The van der Waals surface area contributed by atoms with Crippen LogP contribution in [0.4, 0.5) is 13.6 Å². The molecular formula is C22H29F2NO4. The molecule has 1 atom stereocenters. The highest BCUT2D eigenvalue weighted by molar-refractivity contribution is 5.71. The van der Waals surface area contributed by atoms with Crippen LogP contribution in [0.2, 0.25) is 0 Å². The Bertz CT molecular complexity index is 707. The van der Waals surface area contributed by atoms with Gasteiger partial charge >= 0.3 is 12.1 Å². The molecule has 5 nitrogen and oxygen atoms in total. The van der Waals surface area contributed by atoms with Crippen molar-refractivity contribution in [3.05, 3.63) is 47.5 Å². The molecule has 0 radical (unpaired) electrons. The van der Waals surface area contributed by atoms with Crippen molar-refractivity contribution in [3.63, 3.8) is 0 Å². The van der Waals surface area contributed by atoms with Crippen LogP contribution in [0.5, 0.6) is 0 Å². The Kier molecular flexibility index (Phi) is 8.61. The quantitative estimate of drug-likeness (QED) is 0.479. The van der Waals surface area contributed by atoms with E-state index in [9.17, 15) is 18.4 Å². The highest BCUT2D eigenvalue weighted by Gasteiger charge is 2.32. The number of carbonyl (C=O) groups excluding carboxylic acids is 2. The Morgan fingerprint density at radius 1 is 1.17 bits per heavy atom. The maximum atomic E-state index is 13.8. The second kappa shape index (κ2) is 10.9. The van der Waals surface area contributed by atoms with Crippen molar-refractivity contribution in [2.75, 3.05) is 19.7 Å². The van der Waals surface area contributed by atoms with Gasteiger partial charge < -0.3 is 14.4 Å². The number of carbonyl (C=O) groups is 2. The molecule has 1 heterocycles. The average molecular weight is 409 g/mol. The van der Waals surface area contributed by atoms with Crippen LogP contribution in [-0.4, -0.2) is 42.8 Å². The summed E-state index contributed by atoms with van der Waals surface area (Å²) in [6.07, 6.45) is 4.16. The fraction of sp³-hybridized carbons (Fsp3) is 0.545. The molecule has 0 N–H and O–H groups in total. The molecule has 0 saturated carbocycles. The Labute approximate surface area is 170 Å². The Balaban J connectivity index is 2.09. The number of halogens is 2. The third-order valence-corrected chi connectivity index (χ3v) is 4.97. The summed E-state index contributed by atoms with van der Waals surface area (Å²) in [7, 11) is 0. The number of rotatable bonds is 7. The van der Waals surface area contributed by atoms with E-state index in [-0.39, 0.29) is 37.1 Å². The predicted molar refractivity (Wildman–Crippen MR) is 105 cm³/mol. The van der Waals surface area contributed by atoms with Crippen molar-refractivity contribution in [1.82, 2.24) is 4.90 Å². The lowest BCUT2D eigenvalue weighted by Crippen LogP contribution is -2.40. The van der Waals surface area contributed by atoms with Gasteiger partial charge in [0.15, 0.2) is 0 Å². The van der Waals surface area contributed by atoms with Crippen LogP contribution in [-0.2, 0) is 14.3 Å². The molecule has 29 heavy (non-hydrogen) atoms. The molecule has 7 heteroatoms. The molecule has 0 aromatic heterocycles. The highest BCUT2D eigenvalue weighted by atomic mass is 19.1. The number of amides is 1. The Morgan fingerprint density at radius 3 is 2.34 bits per heavy atom. The number of benzene rings is 1. The summed E-state index contributed by atoms with van der Waals surface area (Å²) in [5.74, 6) is -2.13. The van der Waals surface area contributed by atoms with E-state index < -0.39 is 17.6 Å². The van der Waals surface area contributed by atoms with Gasteiger partial charge in [0.25, 0.3) is 0 Å². The van der Waals surface area contributed by atoms with E-state index in [4.69, 9.17) is 9.47 Å². The first-order valence-corrected chi connectivity index (χ1v) is 9.98. The Morgan fingerprint density at radius 2 is 1.79 bits per heavy atom. The van der Waals surface area contributed by atoms with E-state index in [2.05, 4.69) is 0 Å². The van der Waals surface area contributed by atoms with E-state index in [0.29, 0.717) is 31.5 Å². The van der Waals surface area contributed by atoms with Gasteiger partial charge in [-0.25, -0.2) is 13.6 Å². The molecule has 0 bridgehead atoms. The number of allylic oxidation sites excluding steroid dienone is 1. The van der Waals surface area contributed by atoms with E-state index in [1.807, 2.05) is 6.92 Å². The predicted octanol–water partition coefficient (Wildman–Crippen LogP) is 4.81. The van der Waals surface area contributed by atoms with Crippen LogP contribution >= 0.6 is 0 Å². The molecule has 1 aromatic rings. The smallest absolute Gasteiger partial charge is 0.410 e. The zero-order chi connectivity index (χ0) is 21.4. The van der Waals surface area contributed by atoms with Gasteiger partial charge in [0, 0.05) is 19.2 Å². The van der Waals surface area contributed by atoms with Crippen molar-refractivity contribution in [3.8, 4) is 0 Å². The largest absolute Gasteiger partial charge is 0.463 e. The van der Waals surface area contributed by atoms with Crippen molar-refractivity contribution >= 4 is 12.1 Å². The van der Waals surface area contributed by atoms with Crippen LogP contribution in [0.3, 0.4) is 0 Å². The SMILES string of the molecule is C/C=C/COC(=O)N1CCC(C(CC(=O)OC(C)C)c2cc(F)cc(F)c2)CC1. The number of hydrogen-bond donors (Lipinski definition) is 0. The first-order chi connectivity index (χ1) is 13.8. The standard InChI is InChI=1S/C22H29F2NO4/c1-4-5-10-28-22(27)25-8-6-16(7-9-25)20(14-21(26)29-15(2)3)17-11-18(23)13-19(24)12-17/h4-5,11-13,15-16,20H,6-10,14H2,1-3H3/b5-4+. The van der Waals surface area contributed by atoms with E-state index >= 15 is 0 Å². The maximum absolute atomic E-state index is 13.8.